The van der Waals surface area contributed by atoms with Gasteiger partial charge in [-0.25, -0.2) is 0 Å². The SMILES string of the molecule is CCC1(CNc2cc3[nH]ncc3cc2N)CCC1. The summed E-state index contributed by atoms with van der Waals surface area (Å²) >= 11 is 0. The zero-order chi connectivity index (χ0) is 12.6. The Morgan fingerprint density at radius 3 is 2.94 bits per heavy atom. The number of hydrogen-bond acceptors (Lipinski definition) is 3. The number of fused-ring (bicyclic) bond motifs is 1. The minimum Gasteiger partial charge on any atom is -0.397 e. The van der Waals surface area contributed by atoms with Gasteiger partial charge in [0.25, 0.3) is 0 Å². The zero-order valence-corrected chi connectivity index (χ0v) is 10.8. The normalized spacial score (nSPS) is 17.6. The first-order valence-corrected chi connectivity index (χ1v) is 6.69. The minimum atomic E-state index is 0.495. The van der Waals surface area contributed by atoms with E-state index in [1.165, 1.54) is 25.7 Å². The maximum Gasteiger partial charge on any atom is 0.0672 e. The lowest BCUT2D eigenvalue weighted by Gasteiger charge is -2.41. The fourth-order valence-corrected chi connectivity index (χ4v) is 2.78. The number of hydrogen-bond donors (Lipinski definition) is 3. The highest BCUT2D eigenvalue weighted by Gasteiger charge is 2.34. The van der Waals surface area contributed by atoms with Crippen molar-refractivity contribution in [3.05, 3.63) is 18.3 Å². The average molecular weight is 244 g/mol. The summed E-state index contributed by atoms with van der Waals surface area (Å²) in [5, 5.41) is 11.6. The third kappa shape index (κ3) is 1.82. The molecule has 0 spiro atoms. The lowest BCUT2D eigenvalue weighted by atomic mass is 9.67. The molecule has 1 saturated carbocycles. The summed E-state index contributed by atoms with van der Waals surface area (Å²) in [6, 6.07) is 4.03. The number of nitrogens with one attached hydrogen (secondary N) is 2. The second-order valence-electron chi connectivity index (χ2n) is 5.46. The molecular weight excluding hydrogens is 224 g/mol. The molecule has 1 aromatic heterocycles. The molecule has 4 nitrogen and oxygen atoms in total. The molecule has 1 aliphatic rings. The van der Waals surface area contributed by atoms with Gasteiger partial charge in [-0.15, -0.1) is 0 Å². The molecule has 0 unspecified atom stereocenters. The van der Waals surface area contributed by atoms with Crippen LogP contribution < -0.4 is 11.1 Å². The molecule has 3 rings (SSSR count). The lowest BCUT2D eigenvalue weighted by Crippen LogP contribution is -2.35. The number of nitrogen functional groups attached to an aromatic ring is 1. The Balaban J connectivity index is 1.79. The lowest BCUT2D eigenvalue weighted by molar-refractivity contribution is 0.145. The molecule has 96 valence electrons. The Kier molecular flexibility index (Phi) is 2.65. The summed E-state index contributed by atoms with van der Waals surface area (Å²) in [5.74, 6) is 0. The predicted octanol–water partition coefficient (Wildman–Crippen LogP) is 3.14. The largest absolute Gasteiger partial charge is 0.397 e. The summed E-state index contributed by atoms with van der Waals surface area (Å²) in [6.07, 6.45) is 7.08. The van der Waals surface area contributed by atoms with Gasteiger partial charge in [0.05, 0.1) is 23.1 Å². The molecule has 1 aromatic carbocycles. The van der Waals surface area contributed by atoms with E-state index in [1.54, 1.807) is 6.20 Å². The second-order valence-corrected chi connectivity index (χ2v) is 5.46. The van der Waals surface area contributed by atoms with Crippen LogP contribution in [0.1, 0.15) is 32.6 Å². The zero-order valence-electron chi connectivity index (χ0n) is 10.8. The molecule has 0 radical (unpaired) electrons. The summed E-state index contributed by atoms with van der Waals surface area (Å²) < 4.78 is 0. The van der Waals surface area contributed by atoms with Gasteiger partial charge in [0, 0.05) is 11.9 Å². The van der Waals surface area contributed by atoms with Crippen molar-refractivity contribution in [2.24, 2.45) is 5.41 Å². The maximum atomic E-state index is 6.07. The monoisotopic (exact) mass is 244 g/mol. The van der Waals surface area contributed by atoms with Gasteiger partial charge in [-0.1, -0.05) is 13.3 Å². The molecule has 4 heteroatoms. The quantitative estimate of drug-likeness (QED) is 0.724. The van der Waals surface area contributed by atoms with Gasteiger partial charge in [0.15, 0.2) is 0 Å². The van der Waals surface area contributed by atoms with E-state index >= 15 is 0 Å². The van der Waals surface area contributed by atoms with E-state index in [0.717, 1.165) is 28.8 Å². The van der Waals surface area contributed by atoms with Crippen LogP contribution in [0, 0.1) is 5.41 Å². The van der Waals surface area contributed by atoms with Crippen molar-refractivity contribution in [2.75, 3.05) is 17.6 Å². The molecule has 4 N–H and O–H groups in total. The van der Waals surface area contributed by atoms with Gasteiger partial charge in [0.2, 0.25) is 0 Å². The van der Waals surface area contributed by atoms with Gasteiger partial charge in [-0.3, -0.25) is 5.10 Å². The fraction of sp³-hybridized carbons (Fsp3) is 0.500. The van der Waals surface area contributed by atoms with Gasteiger partial charge in [-0.2, -0.15) is 5.10 Å². The third-order valence-electron chi connectivity index (χ3n) is 4.43. The average Bonchev–Trinajstić information content (AvgIpc) is 2.75. The van der Waals surface area contributed by atoms with E-state index in [2.05, 4.69) is 28.5 Å². The van der Waals surface area contributed by atoms with Gasteiger partial charge in [-0.05, 0) is 36.8 Å². The van der Waals surface area contributed by atoms with E-state index < -0.39 is 0 Å². The topological polar surface area (TPSA) is 66.7 Å². The molecule has 0 atom stereocenters. The third-order valence-corrected chi connectivity index (χ3v) is 4.43. The van der Waals surface area contributed by atoms with Crippen LogP contribution >= 0.6 is 0 Å². The Bertz CT molecular complexity index is 548. The van der Waals surface area contributed by atoms with Gasteiger partial charge < -0.3 is 11.1 Å². The van der Waals surface area contributed by atoms with Gasteiger partial charge >= 0.3 is 0 Å². The number of benzene rings is 1. The Hall–Kier alpha value is -1.71. The first-order chi connectivity index (χ1) is 8.72. The van der Waals surface area contributed by atoms with Crippen molar-refractivity contribution < 1.29 is 0 Å². The standard InChI is InChI=1S/C14H20N4/c1-2-14(4-3-5-14)9-16-13-7-12-10(6-11(13)15)8-17-18-12/h6-8,16H,2-5,9,15H2,1H3,(H,17,18). The predicted molar refractivity (Wildman–Crippen MR) is 75.6 cm³/mol. The summed E-state index contributed by atoms with van der Waals surface area (Å²) in [5.41, 5.74) is 9.42. The molecular formula is C14H20N4. The van der Waals surface area contributed by atoms with E-state index in [4.69, 9.17) is 5.73 Å². The molecule has 0 aliphatic heterocycles. The van der Waals surface area contributed by atoms with Crippen molar-refractivity contribution in [1.82, 2.24) is 10.2 Å². The van der Waals surface area contributed by atoms with Crippen LogP contribution in [0.4, 0.5) is 11.4 Å². The van der Waals surface area contributed by atoms with Crippen LogP contribution in [-0.4, -0.2) is 16.7 Å². The number of rotatable bonds is 4. The molecule has 1 fully saturated rings. The summed E-state index contributed by atoms with van der Waals surface area (Å²) in [6.45, 7) is 3.30. The van der Waals surface area contributed by atoms with Crippen LogP contribution in [0.15, 0.2) is 18.3 Å². The summed E-state index contributed by atoms with van der Waals surface area (Å²) in [4.78, 5) is 0. The number of nitrogens with two attached hydrogens (primary N) is 1. The van der Waals surface area contributed by atoms with Crippen molar-refractivity contribution in [1.29, 1.82) is 0 Å². The van der Waals surface area contributed by atoms with Crippen LogP contribution in [-0.2, 0) is 0 Å². The van der Waals surface area contributed by atoms with Crippen LogP contribution in [0.2, 0.25) is 0 Å². The number of anilines is 2. The van der Waals surface area contributed by atoms with Crippen LogP contribution in [0.5, 0.6) is 0 Å². The highest BCUT2D eigenvalue weighted by atomic mass is 15.1. The molecule has 2 aromatic rings. The number of aromatic amines is 1. The van der Waals surface area contributed by atoms with Crippen LogP contribution in [0.25, 0.3) is 10.9 Å². The van der Waals surface area contributed by atoms with E-state index in [-0.39, 0.29) is 0 Å². The van der Waals surface area contributed by atoms with Crippen molar-refractivity contribution in [3.63, 3.8) is 0 Å². The number of H-pyrrole nitrogens is 1. The first kappa shape index (κ1) is 11.4. The molecule has 0 saturated heterocycles. The number of nitrogens with zero attached hydrogens (tertiary/aromatic N) is 1. The van der Waals surface area contributed by atoms with Crippen molar-refractivity contribution in [2.45, 2.75) is 32.6 Å². The van der Waals surface area contributed by atoms with E-state index in [9.17, 15) is 0 Å². The molecule has 1 aliphatic carbocycles. The van der Waals surface area contributed by atoms with E-state index in [1.807, 2.05) is 6.07 Å². The molecule has 0 bridgehead atoms. The molecule has 1 heterocycles. The Morgan fingerprint density at radius 1 is 1.44 bits per heavy atom. The summed E-state index contributed by atoms with van der Waals surface area (Å²) in [7, 11) is 0. The highest BCUT2D eigenvalue weighted by Crippen LogP contribution is 2.44. The molecule has 0 amide bonds. The highest BCUT2D eigenvalue weighted by molar-refractivity contribution is 5.88. The van der Waals surface area contributed by atoms with Crippen molar-refractivity contribution in [3.8, 4) is 0 Å². The van der Waals surface area contributed by atoms with E-state index in [0.29, 0.717) is 5.41 Å². The smallest absolute Gasteiger partial charge is 0.0672 e. The number of aromatic nitrogens is 2. The van der Waals surface area contributed by atoms with Crippen LogP contribution in [0.3, 0.4) is 0 Å². The fourth-order valence-electron chi connectivity index (χ4n) is 2.78. The minimum absolute atomic E-state index is 0.495. The Morgan fingerprint density at radius 2 is 2.28 bits per heavy atom. The first-order valence-electron chi connectivity index (χ1n) is 6.69. The Labute approximate surface area is 107 Å². The maximum absolute atomic E-state index is 6.07. The van der Waals surface area contributed by atoms with Crippen molar-refractivity contribution >= 4 is 22.3 Å². The second kappa shape index (κ2) is 4.19. The molecule has 18 heavy (non-hydrogen) atoms. The van der Waals surface area contributed by atoms with Gasteiger partial charge in [0.1, 0.15) is 0 Å².